The van der Waals surface area contributed by atoms with E-state index in [1.807, 2.05) is 6.92 Å². The van der Waals surface area contributed by atoms with Crippen molar-refractivity contribution in [2.75, 3.05) is 18.3 Å². The molecule has 0 aliphatic rings. The summed E-state index contributed by atoms with van der Waals surface area (Å²) in [5, 5.41) is 8.90. The molecule has 0 bridgehead atoms. The molecule has 6 heteroatoms. The van der Waals surface area contributed by atoms with E-state index in [9.17, 15) is 8.42 Å². The van der Waals surface area contributed by atoms with Crippen molar-refractivity contribution in [1.29, 1.82) is 0 Å². The highest BCUT2D eigenvalue weighted by molar-refractivity contribution is 7.90. The standard InChI is InChI=1S/C12H20N2O3S/c1-3-4-9-14(2)18(16,17)13-12-7-5-11(10-15)6-8-12/h5-8,13,15H,3-4,9-10H2,1-2H3. The van der Waals surface area contributed by atoms with Gasteiger partial charge in [-0.3, -0.25) is 4.72 Å². The van der Waals surface area contributed by atoms with Gasteiger partial charge in [0.25, 0.3) is 0 Å². The van der Waals surface area contributed by atoms with Gasteiger partial charge < -0.3 is 5.11 Å². The number of nitrogens with zero attached hydrogens (tertiary/aromatic N) is 1. The Bertz CT molecular complexity index is 457. The summed E-state index contributed by atoms with van der Waals surface area (Å²) in [6, 6.07) is 6.64. The summed E-state index contributed by atoms with van der Waals surface area (Å²) in [5.41, 5.74) is 1.24. The van der Waals surface area contributed by atoms with E-state index in [0.717, 1.165) is 18.4 Å². The first-order valence-corrected chi connectivity index (χ1v) is 7.37. The van der Waals surface area contributed by atoms with E-state index < -0.39 is 10.2 Å². The SMILES string of the molecule is CCCCN(C)S(=O)(=O)Nc1ccc(CO)cc1. The number of nitrogens with one attached hydrogen (secondary N) is 1. The molecule has 0 aliphatic heterocycles. The lowest BCUT2D eigenvalue weighted by atomic mass is 10.2. The number of hydrogen-bond acceptors (Lipinski definition) is 3. The molecule has 0 saturated heterocycles. The topological polar surface area (TPSA) is 69.6 Å². The van der Waals surface area contributed by atoms with Crippen LogP contribution >= 0.6 is 0 Å². The lowest BCUT2D eigenvalue weighted by Gasteiger charge is -2.18. The van der Waals surface area contributed by atoms with Gasteiger partial charge in [-0.2, -0.15) is 12.7 Å². The van der Waals surface area contributed by atoms with Gasteiger partial charge in [0.15, 0.2) is 0 Å². The maximum Gasteiger partial charge on any atom is 0.301 e. The zero-order valence-corrected chi connectivity index (χ0v) is 11.6. The van der Waals surface area contributed by atoms with Crippen LogP contribution in [0.1, 0.15) is 25.3 Å². The van der Waals surface area contributed by atoms with Gasteiger partial charge in [0.2, 0.25) is 0 Å². The maximum absolute atomic E-state index is 11.9. The molecule has 1 aromatic rings. The van der Waals surface area contributed by atoms with Crippen LogP contribution in [-0.2, 0) is 16.8 Å². The van der Waals surface area contributed by atoms with Crippen molar-refractivity contribution >= 4 is 15.9 Å². The zero-order valence-electron chi connectivity index (χ0n) is 10.8. The van der Waals surface area contributed by atoms with Crippen LogP contribution in [0.25, 0.3) is 0 Å². The molecule has 0 heterocycles. The van der Waals surface area contributed by atoms with Crippen LogP contribution in [0.4, 0.5) is 5.69 Å². The number of unbranched alkanes of at least 4 members (excludes halogenated alkanes) is 1. The molecule has 2 N–H and O–H groups in total. The Morgan fingerprint density at radius 3 is 2.39 bits per heavy atom. The van der Waals surface area contributed by atoms with Crippen LogP contribution in [0.2, 0.25) is 0 Å². The Balaban J connectivity index is 2.69. The third-order valence-electron chi connectivity index (χ3n) is 2.62. The highest BCUT2D eigenvalue weighted by atomic mass is 32.2. The minimum Gasteiger partial charge on any atom is -0.392 e. The average molecular weight is 272 g/mol. The van der Waals surface area contributed by atoms with Crippen molar-refractivity contribution < 1.29 is 13.5 Å². The maximum atomic E-state index is 11.9. The number of hydrogen-bond donors (Lipinski definition) is 2. The summed E-state index contributed by atoms with van der Waals surface area (Å²) in [5.74, 6) is 0. The Morgan fingerprint density at radius 1 is 1.28 bits per heavy atom. The van der Waals surface area contributed by atoms with Crippen molar-refractivity contribution in [2.24, 2.45) is 0 Å². The predicted octanol–water partition coefficient (Wildman–Crippen LogP) is 1.57. The van der Waals surface area contributed by atoms with Crippen molar-refractivity contribution in [3.8, 4) is 0 Å². The number of aliphatic hydroxyl groups excluding tert-OH is 1. The summed E-state index contributed by atoms with van der Waals surface area (Å²) >= 11 is 0. The molecule has 18 heavy (non-hydrogen) atoms. The Morgan fingerprint density at radius 2 is 1.89 bits per heavy atom. The molecule has 0 radical (unpaired) electrons. The second-order valence-corrected chi connectivity index (χ2v) is 5.91. The summed E-state index contributed by atoms with van der Waals surface area (Å²) in [7, 11) is -1.93. The van der Waals surface area contributed by atoms with Gasteiger partial charge in [-0.1, -0.05) is 25.5 Å². The van der Waals surface area contributed by atoms with E-state index in [0.29, 0.717) is 12.2 Å². The summed E-state index contributed by atoms with van der Waals surface area (Å²) in [6.45, 7) is 2.46. The summed E-state index contributed by atoms with van der Waals surface area (Å²) in [6.07, 6.45) is 1.78. The van der Waals surface area contributed by atoms with Crippen LogP contribution in [-0.4, -0.2) is 31.4 Å². The minimum absolute atomic E-state index is 0.0522. The number of benzene rings is 1. The zero-order chi connectivity index (χ0) is 13.6. The highest BCUT2D eigenvalue weighted by Gasteiger charge is 2.16. The van der Waals surface area contributed by atoms with Crippen molar-refractivity contribution in [1.82, 2.24) is 4.31 Å². The van der Waals surface area contributed by atoms with Crippen LogP contribution < -0.4 is 4.72 Å². The molecule has 0 aliphatic carbocycles. The minimum atomic E-state index is -3.48. The predicted molar refractivity (Wildman–Crippen MR) is 72.4 cm³/mol. The van der Waals surface area contributed by atoms with Crippen molar-refractivity contribution in [2.45, 2.75) is 26.4 Å². The fraction of sp³-hybridized carbons (Fsp3) is 0.500. The van der Waals surface area contributed by atoms with Crippen molar-refractivity contribution in [3.63, 3.8) is 0 Å². The van der Waals surface area contributed by atoms with Crippen molar-refractivity contribution in [3.05, 3.63) is 29.8 Å². The second-order valence-electron chi connectivity index (χ2n) is 4.14. The quantitative estimate of drug-likeness (QED) is 0.791. The first kappa shape index (κ1) is 14.9. The fourth-order valence-corrected chi connectivity index (χ4v) is 2.37. The molecule has 0 amide bonds. The third kappa shape index (κ3) is 4.29. The third-order valence-corrected chi connectivity index (χ3v) is 4.12. The Labute approximate surface area is 109 Å². The van der Waals surface area contributed by atoms with E-state index in [1.165, 1.54) is 4.31 Å². The van der Waals surface area contributed by atoms with E-state index in [4.69, 9.17) is 5.11 Å². The molecule has 1 aromatic carbocycles. The fourth-order valence-electron chi connectivity index (χ4n) is 1.41. The van der Waals surface area contributed by atoms with Gasteiger partial charge in [-0.15, -0.1) is 0 Å². The van der Waals surface area contributed by atoms with Gasteiger partial charge in [0.05, 0.1) is 6.61 Å². The van der Waals surface area contributed by atoms with Gasteiger partial charge >= 0.3 is 10.2 Å². The molecule has 0 aromatic heterocycles. The van der Waals surface area contributed by atoms with Crippen LogP contribution in [0.3, 0.4) is 0 Å². The lowest BCUT2D eigenvalue weighted by Crippen LogP contribution is -2.33. The molecular formula is C12H20N2O3S. The van der Waals surface area contributed by atoms with E-state index >= 15 is 0 Å². The normalized spacial score (nSPS) is 11.8. The van der Waals surface area contributed by atoms with Gasteiger partial charge in [-0.05, 0) is 24.1 Å². The monoisotopic (exact) mass is 272 g/mol. The molecule has 102 valence electrons. The van der Waals surface area contributed by atoms with E-state index in [2.05, 4.69) is 4.72 Å². The summed E-state index contributed by atoms with van der Waals surface area (Å²) in [4.78, 5) is 0. The largest absolute Gasteiger partial charge is 0.392 e. The molecule has 0 spiro atoms. The van der Waals surface area contributed by atoms with Crippen LogP contribution in [0.5, 0.6) is 0 Å². The molecule has 0 fully saturated rings. The lowest BCUT2D eigenvalue weighted by molar-refractivity contribution is 0.282. The molecule has 5 nitrogen and oxygen atoms in total. The summed E-state index contributed by atoms with van der Waals surface area (Å²) < 4.78 is 27.6. The molecular weight excluding hydrogens is 252 g/mol. The second kappa shape index (κ2) is 6.72. The Hall–Kier alpha value is -1.11. The van der Waals surface area contributed by atoms with Gasteiger partial charge in [-0.25, -0.2) is 0 Å². The Kier molecular flexibility index (Phi) is 5.58. The highest BCUT2D eigenvalue weighted by Crippen LogP contribution is 2.13. The van der Waals surface area contributed by atoms with E-state index in [1.54, 1.807) is 31.3 Å². The molecule has 0 saturated carbocycles. The number of aliphatic hydroxyl groups is 1. The molecule has 1 rings (SSSR count). The first-order chi connectivity index (χ1) is 8.49. The number of anilines is 1. The average Bonchev–Trinajstić information content (AvgIpc) is 2.36. The first-order valence-electron chi connectivity index (χ1n) is 5.93. The van der Waals surface area contributed by atoms with Crippen LogP contribution in [0.15, 0.2) is 24.3 Å². The van der Waals surface area contributed by atoms with Crippen LogP contribution in [0, 0.1) is 0 Å². The smallest absolute Gasteiger partial charge is 0.301 e. The molecule has 0 atom stereocenters. The number of rotatable bonds is 7. The van der Waals surface area contributed by atoms with E-state index in [-0.39, 0.29) is 6.61 Å². The van der Waals surface area contributed by atoms with Gasteiger partial charge in [0, 0.05) is 19.3 Å². The van der Waals surface area contributed by atoms with Gasteiger partial charge in [0.1, 0.15) is 0 Å². The molecule has 0 unspecified atom stereocenters.